The van der Waals surface area contributed by atoms with Gasteiger partial charge in [0.1, 0.15) is 0 Å². The number of carbonyl (C=O) groups excluding carboxylic acids is 1. The third-order valence-electron chi connectivity index (χ3n) is 4.21. The second-order valence-corrected chi connectivity index (χ2v) is 7.00. The molecule has 29 heavy (non-hydrogen) atoms. The molecule has 3 aromatic rings. The molecule has 150 valence electrons. The molecule has 0 aliphatic carbocycles. The number of nitrogens with zero attached hydrogens (tertiary/aromatic N) is 2. The van der Waals surface area contributed by atoms with Crippen LogP contribution in [0.25, 0.3) is 16.3 Å². The van der Waals surface area contributed by atoms with E-state index in [2.05, 4.69) is 11.6 Å². The van der Waals surface area contributed by atoms with E-state index in [1.807, 2.05) is 28.8 Å². The number of amides is 1. The number of rotatable bonds is 7. The quantitative estimate of drug-likeness (QED) is 0.435. The van der Waals surface area contributed by atoms with Gasteiger partial charge in [-0.05, 0) is 35.9 Å². The van der Waals surface area contributed by atoms with Crippen LogP contribution in [0.1, 0.15) is 5.56 Å². The molecule has 0 aliphatic heterocycles. The predicted octanol–water partition coefficient (Wildman–Crippen LogP) is 4.06. The normalized spacial score (nSPS) is 11.8. The van der Waals surface area contributed by atoms with Crippen LogP contribution in [0, 0.1) is 0 Å². The number of ether oxygens (including phenoxy) is 3. The zero-order chi connectivity index (χ0) is 20.8. The van der Waals surface area contributed by atoms with Gasteiger partial charge in [0.15, 0.2) is 16.3 Å². The molecule has 2 aromatic carbocycles. The topological polar surface area (TPSA) is 62.1 Å². The van der Waals surface area contributed by atoms with Crippen LogP contribution in [0.5, 0.6) is 17.2 Å². The molecule has 0 saturated carbocycles. The van der Waals surface area contributed by atoms with Crippen molar-refractivity contribution in [2.24, 2.45) is 4.99 Å². The lowest BCUT2D eigenvalue weighted by Crippen LogP contribution is -2.15. The van der Waals surface area contributed by atoms with Crippen LogP contribution in [-0.2, 0) is 11.3 Å². The lowest BCUT2D eigenvalue weighted by atomic mass is 10.1. The van der Waals surface area contributed by atoms with Crippen molar-refractivity contribution in [1.29, 1.82) is 0 Å². The van der Waals surface area contributed by atoms with E-state index in [0.717, 1.165) is 15.8 Å². The molecule has 0 aliphatic rings. The Hall–Kier alpha value is -3.32. The van der Waals surface area contributed by atoms with E-state index in [0.29, 0.717) is 28.6 Å². The van der Waals surface area contributed by atoms with Gasteiger partial charge in [0, 0.05) is 12.6 Å². The summed E-state index contributed by atoms with van der Waals surface area (Å²) in [4.78, 5) is 17.4. The van der Waals surface area contributed by atoms with E-state index in [1.54, 1.807) is 45.6 Å². The molecule has 0 radical (unpaired) electrons. The van der Waals surface area contributed by atoms with Gasteiger partial charge in [-0.3, -0.25) is 4.79 Å². The average molecular weight is 410 g/mol. The maximum atomic E-state index is 12.5. The fraction of sp³-hybridized carbons (Fsp3) is 0.182. The molecule has 1 aromatic heterocycles. The third-order valence-corrected chi connectivity index (χ3v) is 5.27. The Morgan fingerprint density at radius 3 is 2.45 bits per heavy atom. The summed E-state index contributed by atoms with van der Waals surface area (Å²) in [6.07, 6.45) is 4.87. The van der Waals surface area contributed by atoms with Crippen molar-refractivity contribution < 1.29 is 19.0 Å². The van der Waals surface area contributed by atoms with E-state index >= 15 is 0 Å². The molecule has 1 heterocycles. The highest BCUT2D eigenvalue weighted by atomic mass is 32.1. The molecule has 0 N–H and O–H groups in total. The Morgan fingerprint density at radius 2 is 1.83 bits per heavy atom. The van der Waals surface area contributed by atoms with Gasteiger partial charge in [-0.15, -0.1) is 6.58 Å². The van der Waals surface area contributed by atoms with Gasteiger partial charge in [0.05, 0.1) is 31.5 Å². The second kappa shape index (κ2) is 9.25. The van der Waals surface area contributed by atoms with Gasteiger partial charge in [-0.25, -0.2) is 0 Å². The zero-order valence-corrected chi connectivity index (χ0v) is 17.4. The Bertz CT molecular complexity index is 1120. The van der Waals surface area contributed by atoms with Crippen molar-refractivity contribution in [3.8, 4) is 17.2 Å². The molecule has 0 fully saturated rings. The number of hydrogen-bond acceptors (Lipinski definition) is 5. The lowest BCUT2D eigenvalue weighted by molar-refractivity contribution is -0.113. The Labute approximate surface area is 173 Å². The maximum Gasteiger partial charge on any atom is 0.272 e. The van der Waals surface area contributed by atoms with Crippen LogP contribution in [0.4, 0.5) is 0 Å². The molecular formula is C22H22N2O4S. The number of methoxy groups -OCH3 is 3. The van der Waals surface area contributed by atoms with Crippen LogP contribution in [0.15, 0.2) is 60.1 Å². The number of hydrogen-bond donors (Lipinski definition) is 0. The average Bonchev–Trinajstić information content (AvgIpc) is 3.08. The monoisotopic (exact) mass is 410 g/mol. The molecule has 0 unspecified atom stereocenters. The number of fused-ring (bicyclic) bond motifs is 1. The van der Waals surface area contributed by atoms with E-state index in [4.69, 9.17) is 14.2 Å². The van der Waals surface area contributed by atoms with Gasteiger partial charge >= 0.3 is 0 Å². The predicted molar refractivity (Wildman–Crippen MR) is 116 cm³/mol. The number of carbonyl (C=O) groups is 1. The first-order valence-electron chi connectivity index (χ1n) is 8.87. The van der Waals surface area contributed by atoms with Gasteiger partial charge in [0.25, 0.3) is 5.91 Å². The van der Waals surface area contributed by atoms with Crippen molar-refractivity contribution in [1.82, 2.24) is 4.57 Å². The zero-order valence-electron chi connectivity index (χ0n) is 16.5. The van der Waals surface area contributed by atoms with Crippen LogP contribution >= 0.6 is 11.3 Å². The Balaban J connectivity index is 1.95. The van der Waals surface area contributed by atoms with E-state index in [-0.39, 0.29) is 5.91 Å². The fourth-order valence-electron chi connectivity index (χ4n) is 2.91. The molecule has 0 atom stereocenters. The van der Waals surface area contributed by atoms with Gasteiger partial charge in [-0.2, -0.15) is 4.99 Å². The summed E-state index contributed by atoms with van der Waals surface area (Å²) >= 11 is 1.47. The number of para-hydroxylation sites is 1. The Kier molecular flexibility index (Phi) is 6.51. The standard InChI is InChI=1S/C22H22N2O4S/c1-5-12-24-16-8-6-7-9-19(16)29-22(24)23-20(25)11-10-15-13-17(26-2)21(28-4)18(14-15)27-3/h5-11,13-14H,1,12H2,2-4H3/b11-10-,23-22?. The maximum absolute atomic E-state index is 12.5. The van der Waals surface area contributed by atoms with Gasteiger partial charge < -0.3 is 18.8 Å². The highest BCUT2D eigenvalue weighted by Crippen LogP contribution is 2.38. The largest absolute Gasteiger partial charge is 0.493 e. The van der Waals surface area contributed by atoms with E-state index in [1.165, 1.54) is 17.4 Å². The first kappa shape index (κ1) is 20.4. The SMILES string of the molecule is C=CCn1c(=NC(=O)/C=C\c2cc(OC)c(OC)c(OC)c2)sc2ccccc21. The molecular weight excluding hydrogens is 388 g/mol. The summed E-state index contributed by atoms with van der Waals surface area (Å²) in [6, 6.07) is 11.5. The molecule has 0 saturated heterocycles. The molecule has 6 nitrogen and oxygen atoms in total. The first-order chi connectivity index (χ1) is 14.1. The molecule has 1 amide bonds. The molecule has 0 bridgehead atoms. The summed E-state index contributed by atoms with van der Waals surface area (Å²) in [5, 5.41) is 0. The highest BCUT2D eigenvalue weighted by Gasteiger charge is 2.12. The number of benzene rings is 2. The number of allylic oxidation sites excluding steroid dienone is 1. The summed E-state index contributed by atoms with van der Waals surface area (Å²) < 4.78 is 19.0. The van der Waals surface area contributed by atoms with Crippen molar-refractivity contribution in [3.05, 3.63) is 65.5 Å². The van der Waals surface area contributed by atoms with Crippen molar-refractivity contribution >= 4 is 33.5 Å². The van der Waals surface area contributed by atoms with Crippen LogP contribution < -0.4 is 19.0 Å². The molecule has 3 rings (SSSR count). The molecule has 7 heteroatoms. The minimum Gasteiger partial charge on any atom is -0.493 e. The van der Waals surface area contributed by atoms with E-state index < -0.39 is 0 Å². The minimum absolute atomic E-state index is 0.358. The van der Waals surface area contributed by atoms with Crippen LogP contribution in [0.3, 0.4) is 0 Å². The second-order valence-electron chi connectivity index (χ2n) is 5.99. The summed E-state index contributed by atoms with van der Waals surface area (Å²) in [5.74, 6) is 1.18. The summed E-state index contributed by atoms with van der Waals surface area (Å²) in [6.45, 7) is 4.37. The third kappa shape index (κ3) is 4.41. The highest BCUT2D eigenvalue weighted by molar-refractivity contribution is 7.16. The Morgan fingerprint density at radius 1 is 1.14 bits per heavy atom. The van der Waals surface area contributed by atoms with Crippen molar-refractivity contribution in [2.75, 3.05) is 21.3 Å². The first-order valence-corrected chi connectivity index (χ1v) is 9.69. The van der Waals surface area contributed by atoms with Gasteiger partial charge in [0.2, 0.25) is 5.75 Å². The van der Waals surface area contributed by atoms with E-state index in [9.17, 15) is 4.79 Å². The summed E-state index contributed by atoms with van der Waals surface area (Å²) in [5.41, 5.74) is 1.76. The van der Waals surface area contributed by atoms with Crippen LogP contribution in [-0.4, -0.2) is 31.8 Å². The van der Waals surface area contributed by atoms with Crippen LogP contribution in [0.2, 0.25) is 0 Å². The number of thiazole rings is 1. The summed E-state index contributed by atoms with van der Waals surface area (Å²) in [7, 11) is 4.64. The number of aromatic nitrogens is 1. The smallest absolute Gasteiger partial charge is 0.272 e. The van der Waals surface area contributed by atoms with Crippen molar-refractivity contribution in [3.63, 3.8) is 0 Å². The minimum atomic E-state index is -0.358. The van der Waals surface area contributed by atoms with Gasteiger partial charge in [-0.1, -0.05) is 29.5 Å². The fourth-order valence-corrected chi connectivity index (χ4v) is 3.95. The lowest BCUT2D eigenvalue weighted by Gasteiger charge is -2.12. The molecule has 0 spiro atoms. The van der Waals surface area contributed by atoms with Crippen molar-refractivity contribution in [2.45, 2.75) is 6.54 Å².